The maximum absolute atomic E-state index is 13.7. The van der Waals surface area contributed by atoms with Crippen molar-refractivity contribution in [3.63, 3.8) is 0 Å². The number of amides is 1. The Balaban J connectivity index is 1.72. The number of nitrogens with one attached hydrogen (secondary N) is 2. The lowest BCUT2D eigenvalue weighted by Gasteiger charge is -2.19. The van der Waals surface area contributed by atoms with Gasteiger partial charge in [-0.25, -0.2) is 4.39 Å². The minimum absolute atomic E-state index is 0.0673. The number of anilines is 3. The highest BCUT2D eigenvalue weighted by molar-refractivity contribution is 6.31. The number of aliphatic hydroxyl groups excluding tert-OH is 1. The number of aliphatic hydroxyl groups is 1. The smallest absolute Gasteiger partial charge is 0.248 e. The van der Waals surface area contributed by atoms with Gasteiger partial charge in [0.2, 0.25) is 5.91 Å². The topological polar surface area (TPSA) is 120 Å². The number of nitrogens with zero attached hydrogens (tertiary/aromatic N) is 3. The van der Waals surface area contributed by atoms with Crippen molar-refractivity contribution in [1.82, 2.24) is 9.88 Å². The maximum Gasteiger partial charge on any atom is 0.248 e. The van der Waals surface area contributed by atoms with Gasteiger partial charge in [0.15, 0.2) is 0 Å². The molecule has 1 saturated heterocycles. The van der Waals surface area contributed by atoms with Gasteiger partial charge in [-0.3, -0.25) is 14.7 Å². The summed E-state index contributed by atoms with van der Waals surface area (Å²) in [6.45, 7) is 3.01. The highest BCUT2D eigenvalue weighted by Gasteiger charge is 2.21. The van der Waals surface area contributed by atoms with Crippen molar-refractivity contribution in [3.05, 3.63) is 65.1 Å². The second-order valence-electron chi connectivity index (χ2n) is 8.84. The van der Waals surface area contributed by atoms with Crippen molar-refractivity contribution in [1.29, 1.82) is 5.26 Å². The molecule has 0 aliphatic carbocycles. The largest absolute Gasteiger partial charge is 0.486 e. The number of carbonyl (C=O) groups is 1. The quantitative estimate of drug-likeness (QED) is 0.267. The van der Waals surface area contributed by atoms with Gasteiger partial charge >= 0.3 is 0 Å². The van der Waals surface area contributed by atoms with Crippen LogP contribution in [0.5, 0.6) is 5.75 Å². The van der Waals surface area contributed by atoms with E-state index in [1.54, 1.807) is 37.1 Å². The average Bonchev–Trinajstić information content (AvgIpc) is 3.40. The van der Waals surface area contributed by atoms with Crippen LogP contribution in [0.2, 0.25) is 5.02 Å². The fourth-order valence-electron chi connectivity index (χ4n) is 3.79. The molecule has 3 aromatic rings. The lowest BCUT2D eigenvalue weighted by atomic mass is 10.1. The molecule has 0 spiro atoms. The number of fused-ring (bicyclic) bond motifs is 1. The molecule has 0 unspecified atom stereocenters. The molecule has 1 aliphatic rings. The highest BCUT2D eigenvalue weighted by Crippen LogP contribution is 2.37. The summed E-state index contributed by atoms with van der Waals surface area (Å²) in [5.74, 6) is -0.559. The van der Waals surface area contributed by atoms with E-state index in [0.29, 0.717) is 59.9 Å². The molecule has 2 aromatic carbocycles. The van der Waals surface area contributed by atoms with E-state index in [1.165, 1.54) is 30.5 Å². The highest BCUT2D eigenvalue weighted by atomic mass is 35.5. The molecule has 11 heteroatoms. The summed E-state index contributed by atoms with van der Waals surface area (Å²) in [7, 11) is 1.73. The summed E-state index contributed by atoms with van der Waals surface area (Å²) in [4.78, 5) is 18.8. The summed E-state index contributed by atoms with van der Waals surface area (Å²) in [6.07, 6.45) is 4.30. The first kappa shape index (κ1) is 27.3. The third-order valence-corrected chi connectivity index (χ3v) is 6.31. The minimum Gasteiger partial charge on any atom is -0.486 e. The first-order valence-corrected chi connectivity index (χ1v) is 12.3. The average molecular weight is 540 g/mol. The number of carbonyl (C=O) groups excluding carboxylic acids is 1. The Morgan fingerprint density at radius 3 is 2.95 bits per heavy atom. The molecule has 4 rings (SSSR count). The molecule has 38 heavy (non-hydrogen) atoms. The van der Waals surface area contributed by atoms with Gasteiger partial charge in [0.25, 0.3) is 0 Å². The van der Waals surface area contributed by atoms with Gasteiger partial charge in [-0.2, -0.15) is 5.26 Å². The number of likely N-dealkylation sites (N-methyl/N-ethyl adjacent to an activating group) is 1. The van der Waals surface area contributed by atoms with Crippen LogP contribution in [-0.4, -0.2) is 60.0 Å². The van der Waals surface area contributed by atoms with Gasteiger partial charge in [-0.1, -0.05) is 17.7 Å². The Kier molecular flexibility index (Phi) is 8.76. The van der Waals surface area contributed by atoms with Gasteiger partial charge in [0.05, 0.1) is 40.7 Å². The van der Waals surface area contributed by atoms with Crippen molar-refractivity contribution >= 4 is 45.5 Å². The van der Waals surface area contributed by atoms with E-state index in [1.807, 2.05) is 0 Å². The lowest BCUT2D eigenvalue weighted by Crippen LogP contribution is -2.28. The molecule has 1 amide bonds. The monoisotopic (exact) mass is 539 g/mol. The van der Waals surface area contributed by atoms with E-state index in [4.69, 9.17) is 21.1 Å². The molecule has 198 valence electrons. The Morgan fingerprint density at radius 1 is 1.45 bits per heavy atom. The number of ether oxygens (including phenoxy) is 2. The molecule has 2 heterocycles. The molecule has 1 aliphatic heterocycles. The van der Waals surface area contributed by atoms with Gasteiger partial charge in [-0.05, 0) is 38.2 Å². The van der Waals surface area contributed by atoms with Crippen molar-refractivity contribution in [3.8, 4) is 11.8 Å². The number of hydrogen-bond donors (Lipinski definition) is 3. The van der Waals surface area contributed by atoms with E-state index < -0.39 is 18.0 Å². The SMILES string of the molecule is C[C@H](O)N(C)C/C=C/C(=O)Nc1cc2c(Nc3ccc(F)c(Cl)c3)c(C#N)cnc2cc1O[C@H]1CCOC1. The van der Waals surface area contributed by atoms with Gasteiger partial charge in [0, 0.05) is 42.4 Å². The lowest BCUT2D eigenvalue weighted by molar-refractivity contribution is -0.112. The number of rotatable bonds is 9. The molecule has 3 N–H and O–H groups in total. The number of pyridine rings is 1. The van der Waals surface area contributed by atoms with Crippen LogP contribution in [0.1, 0.15) is 18.9 Å². The summed E-state index contributed by atoms with van der Waals surface area (Å²) in [5, 5.41) is 25.8. The fourth-order valence-corrected chi connectivity index (χ4v) is 3.97. The number of benzene rings is 2. The van der Waals surface area contributed by atoms with Crippen molar-refractivity contribution in [2.45, 2.75) is 25.7 Å². The molecule has 9 nitrogen and oxygen atoms in total. The van der Waals surface area contributed by atoms with E-state index in [0.717, 1.165) is 0 Å². The zero-order chi connectivity index (χ0) is 27.2. The summed E-state index contributed by atoms with van der Waals surface area (Å²) in [6, 6.07) is 9.63. The van der Waals surface area contributed by atoms with Crippen molar-refractivity contribution in [2.24, 2.45) is 0 Å². The normalized spacial score (nSPS) is 16.1. The Labute approximate surface area is 224 Å². The summed E-state index contributed by atoms with van der Waals surface area (Å²) < 4.78 is 25.3. The number of nitriles is 1. The first-order chi connectivity index (χ1) is 18.2. The minimum atomic E-state index is -0.652. The molecular weight excluding hydrogens is 513 g/mol. The van der Waals surface area contributed by atoms with Crippen molar-refractivity contribution < 1.29 is 23.8 Å². The third-order valence-electron chi connectivity index (χ3n) is 6.02. The first-order valence-electron chi connectivity index (χ1n) is 11.9. The number of aromatic nitrogens is 1. The molecule has 0 bridgehead atoms. The molecule has 2 atom stereocenters. The van der Waals surface area contributed by atoms with Crippen LogP contribution >= 0.6 is 11.6 Å². The van der Waals surface area contributed by atoms with Gasteiger partial charge in [0.1, 0.15) is 30.0 Å². The van der Waals surface area contributed by atoms with E-state index >= 15 is 0 Å². The Bertz CT molecular complexity index is 1400. The Hall–Kier alpha value is -3.75. The van der Waals surface area contributed by atoms with Crippen LogP contribution < -0.4 is 15.4 Å². The zero-order valence-corrected chi connectivity index (χ0v) is 21.6. The third kappa shape index (κ3) is 6.57. The van der Waals surface area contributed by atoms with Crippen LogP contribution in [-0.2, 0) is 9.53 Å². The second-order valence-corrected chi connectivity index (χ2v) is 9.25. The second kappa shape index (κ2) is 12.2. The van der Waals surface area contributed by atoms with Gasteiger partial charge < -0.3 is 25.2 Å². The standard InChI is InChI=1S/C27H27ClFN5O4/c1-16(35)34(2)8-3-4-26(36)33-24-11-20-23(12-25(24)38-19-7-9-37-15-19)31-14-17(13-30)27(20)32-18-5-6-22(29)21(28)10-18/h3-6,10-12,14,16,19,35H,7-9,15H2,1-2H3,(H,31,32)(H,33,36)/b4-3+/t16-,19-/m0/s1. The number of hydrogen-bond acceptors (Lipinski definition) is 8. The fraction of sp³-hybridized carbons (Fsp3) is 0.296. The zero-order valence-electron chi connectivity index (χ0n) is 20.9. The van der Waals surface area contributed by atoms with E-state index in [-0.39, 0.29) is 16.7 Å². The summed E-state index contributed by atoms with van der Waals surface area (Å²) in [5.41, 5.74) is 2.02. The van der Waals surface area contributed by atoms with Crippen LogP contribution in [0.25, 0.3) is 10.9 Å². The van der Waals surface area contributed by atoms with Crippen LogP contribution in [0.3, 0.4) is 0 Å². The summed E-state index contributed by atoms with van der Waals surface area (Å²) >= 11 is 5.94. The molecule has 0 radical (unpaired) electrons. The number of halogens is 2. The molecule has 1 aromatic heterocycles. The van der Waals surface area contributed by atoms with Gasteiger partial charge in [-0.15, -0.1) is 0 Å². The molecular formula is C27H27ClFN5O4. The molecule has 1 fully saturated rings. The van der Waals surface area contributed by atoms with Crippen LogP contribution in [0.4, 0.5) is 21.5 Å². The Morgan fingerprint density at radius 2 is 2.26 bits per heavy atom. The molecule has 0 saturated carbocycles. The van der Waals surface area contributed by atoms with Crippen LogP contribution in [0.15, 0.2) is 48.7 Å². The van der Waals surface area contributed by atoms with E-state index in [9.17, 15) is 19.6 Å². The predicted molar refractivity (Wildman–Crippen MR) is 143 cm³/mol. The van der Waals surface area contributed by atoms with E-state index in [2.05, 4.69) is 21.7 Å². The van der Waals surface area contributed by atoms with Crippen LogP contribution in [0, 0.1) is 17.1 Å². The predicted octanol–water partition coefficient (Wildman–Crippen LogP) is 4.58. The maximum atomic E-state index is 13.7. The van der Waals surface area contributed by atoms with Crippen molar-refractivity contribution in [2.75, 3.05) is 37.4 Å².